The summed E-state index contributed by atoms with van der Waals surface area (Å²) in [4.78, 5) is 26.7. The number of carbonyl (C=O) groups is 2. The van der Waals surface area contributed by atoms with Gasteiger partial charge in [-0.05, 0) is 18.1 Å². The number of nitrogens with zero attached hydrogens (tertiary/aromatic N) is 1. The maximum absolute atomic E-state index is 11.6. The quantitative estimate of drug-likeness (QED) is 0.638. The van der Waals surface area contributed by atoms with Gasteiger partial charge in [0.2, 0.25) is 0 Å². The minimum atomic E-state index is -0.431. The van der Waals surface area contributed by atoms with Crippen LogP contribution >= 0.6 is 0 Å². The van der Waals surface area contributed by atoms with Gasteiger partial charge in [0.1, 0.15) is 11.7 Å². The number of aromatic nitrogens is 1. The van der Waals surface area contributed by atoms with E-state index in [1.54, 1.807) is 12.1 Å². The van der Waals surface area contributed by atoms with Crippen LogP contribution in [0.25, 0.3) is 0 Å². The number of hydrogen-bond acceptors (Lipinski definition) is 5. The molecule has 18 heavy (non-hydrogen) atoms. The second-order valence-electron chi connectivity index (χ2n) is 4.38. The molecular formula is C13H18N2O3. The molecule has 1 rings (SSSR count). The van der Waals surface area contributed by atoms with Crippen molar-refractivity contribution in [3.05, 3.63) is 24.0 Å². The molecule has 5 nitrogen and oxygen atoms in total. The summed E-state index contributed by atoms with van der Waals surface area (Å²) in [6.45, 7) is 5.30. The molecule has 0 amide bonds. The summed E-state index contributed by atoms with van der Waals surface area (Å²) in [5, 5.41) is 3.05. The molecule has 0 aliphatic heterocycles. The van der Waals surface area contributed by atoms with Crippen molar-refractivity contribution in [2.45, 2.75) is 26.8 Å². The smallest absolute Gasteiger partial charge is 0.328 e. The summed E-state index contributed by atoms with van der Waals surface area (Å²) in [5.41, 5.74) is 1.09. The first-order valence-corrected chi connectivity index (χ1v) is 5.77. The zero-order chi connectivity index (χ0) is 13.7. The Labute approximate surface area is 107 Å². The Bertz CT molecular complexity index is 426. The van der Waals surface area contributed by atoms with Gasteiger partial charge in [-0.2, -0.15) is 0 Å². The van der Waals surface area contributed by atoms with Gasteiger partial charge in [-0.1, -0.05) is 13.8 Å². The van der Waals surface area contributed by atoms with Gasteiger partial charge in [-0.25, -0.2) is 4.79 Å². The van der Waals surface area contributed by atoms with Crippen LogP contribution in [0.15, 0.2) is 18.3 Å². The van der Waals surface area contributed by atoms with Crippen molar-refractivity contribution in [1.29, 1.82) is 0 Å². The number of ketones is 1. The third-order valence-electron chi connectivity index (χ3n) is 2.57. The molecular weight excluding hydrogens is 232 g/mol. The Balaban J connectivity index is 2.81. The van der Waals surface area contributed by atoms with Crippen LogP contribution in [0.1, 0.15) is 31.3 Å². The molecule has 0 fully saturated rings. The highest BCUT2D eigenvalue weighted by Crippen LogP contribution is 2.13. The Morgan fingerprint density at radius 2 is 2.00 bits per heavy atom. The number of pyridine rings is 1. The lowest BCUT2D eigenvalue weighted by molar-refractivity contribution is -0.142. The van der Waals surface area contributed by atoms with Crippen molar-refractivity contribution in [2.75, 3.05) is 12.4 Å². The van der Waals surface area contributed by atoms with Gasteiger partial charge in [0.25, 0.3) is 0 Å². The predicted molar refractivity (Wildman–Crippen MR) is 68.5 cm³/mol. The molecule has 98 valence electrons. The Morgan fingerprint density at radius 1 is 1.33 bits per heavy atom. The summed E-state index contributed by atoms with van der Waals surface area (Å²) in [6.07, 6.45) is 1.54. The molecule has 0 spiro atoms. The molecule has 0 bridgehead atoms. The SMILES string of the molecule is COC(=O)C(Nc1ccc(C(C)=O)nc1)C(C)C. The van der Waals surface area contributed by atoms with Crippen molar-refractivity contribution in [3.8, 4) is 0 Å². The van der Waals surface area contributed by atoms with E-state index in [1.165, 1.54) is 20.2 Å². The van der Waals surface area contributed by atoms with E-state index in [0.29, 0.717) is 11.4 Å². The second-order valence-corrected chi connectivity index (χ2v) is 4.38. The number of carbonyl (C=O) groups excluding carboxylic acids is 2. The fraction of sp³-hybridized carbons (Fsp3) is 0.462. The molecule has 1 N–H and O–H groups in total. The zero-order valence-corrected chi connectivity index (χ0v) is 11.1. The number of anilines is 1. The Morgan fingerprint density at radius 3 is 2.39 bits per heavy atom. The third-order valence-corrected chi connectivity index (χ3v) is 2.57. The van der Waals surface area contributed by atoms with E-state index in [4.69, 9.17) is 4.74 Å². The molecule has 1 unspecified atom stereocenters. The number of ether oxygens (including phenoxy) is 1. The molecule has 0 radical (unpaired) electrons. The lowest BCUT2D eigenvalue weighted by atomic mass is 10.0. The van der Waals surface area contributed by atoms with Crippen LogP contribution in [0.3, 0.4) is 0 Å². The van der Waals surface area contributed by atoms with Crippen LogP contribution in [-0.2, 0) is 9.53 Å². The Kier molecular flexibility index (Phi) is 4.83. The number of Topliss-reactive ketones (excluding diaryl/α,β-unsaturated/α-hetero) is 1. The van der Waals surface area contributed by atoms with Crippen LogP contribution in [0, 0.1) is 5.92 Å². The van der Waals surface area contributed by atoms with Crippen LogP contribution in [0.5, 0.6) is 0 Å². The monoisotopic (exact) mass is 250 g/mol. The first-order chi connectivity index (χ1) is 8.45. The molecule has 0 saturated heterocycles. The average molecular weight is 250 g/mol. The molecule has 1 aromatic heterocycles. The minimum absolute atomic E-state index is 0.0879. The second kappa shape index (κ2) is 6.14. The van der Waals surface area contributed by atoms with E-state index in [0.717, 1.165) is 0 Å². The first kappa shape index (κ1) is 14.2. The van der Waals surface area contributed by atoms with E-state index < -0.39 is 6.04 Å². The summed E-state index contributed by atoms with van der Waals surface area (Å²) in [5.74, 6) is -0.319. The van der Waals surface area contributed by atoms with E-state index in [-0.39, 0.29) is 17.7 Å². The van der Waals surface area contributed by atoms with E-state index in [2.05, 4.69) is 10.3 Å². The number of rotatable bonds is 5. The third kappa shape index (κ3) is 3.55. The summed E-state index contributed by atoms with van der Waals surface area (Å²) in [6, 6.07) is 2.92. The van der Waals surface area contributed by atoms with Gasteiger partial charge in [-0.3, -0.25) is 9.78 Å². The zero-order valence-electron chi connectivity index (χ0n) is 11.1. The molecule has 0 saturated carbocycles. The van der Waals surface area contributed by atoms with Crippen molar-refractivity contribution in [1.82, 2.24) is 4.98 Å². The van der Waals surface area contributed by atoms with Crippen molar-refractivity contribution >= 4 is 17.4 Å². The average Bonchev–Trinajstić information content (AvgIpc) is 2.35. The maximum atomic E-state index is 11.6. The van der Waals surface area contributed by atoms with Crippen LogP contribution < -0.4 is 5.32 Å². The van der Waals surface area contributed by atoms with Crippen molar-refractivity contribution in [3.63, 3.8) is 0 Å². The molecule has 0 aliphatic rings. The van der Waals surface area contributed by atoms with Gasteiger partial charge in [0.05, 0.1) is 19.0 Å². The number of hydrogen-bond donors (Lipinski definition) is 1. The van der Waals surface area contributed by atoms with Gasteiger partial charge in [0.15, 0.2) is 5.78 Å². The van der Waals surface area contributed by atoms with E-state index in [9.17, 15) is 9.59 Å². The number of esters is 1. The summed E-state index contributed by atoms with van der Waals surface area (Å²) < 4.78 is 4.73. The van der Waals surface area contributed by atoms with Crippen LogP contribution in [0.2, 0.25) is 0 Å². The van der Waals surface area contributed by atoms with Crippen molar-refractivity contribution in [2.24, 2.45) is 5.92 Å². The molecule has 5 heteroatoms. The highest BCUT2D eigenvalue weighted by atomic mass is 16.5. The van der Waals surface area contributed by atoms with Gasteiger partial charge in [0, 0.05) is 6.92 Å². The normalized spacial score (nSPS) is 12.1. The van der Waals surface area contributed by atoms with Crippen LogP contribution in [-0.4, -0.2) is 29.9 Å². The largest absolute Gasteiger partial charge is 0.467 e. The maximum Gasteiger partial charge on any atom is 0.328 e. The highest BCUT2D eigenvalue weighted by molar-refractivity contribution is 5.92. The fourth-order valence-corrected chi connectivity index (χ4v) is 1.49. The minimum Gasteiger partial charge on any atom is -0.467 e. The van der Waals surface area contributed by atoms with E-state index >= 15 is 0 Å². The van der Waals surface area contributed by atoms with E-state index in [1.807, 2.05) is 13.8 Å². The topological polar surface area (TPSA) is 68.3 Å². The number of methoxy groups -OCH3 is 1. The van der Waals surface area contributed by atoms with Crippen molar-refractivity contribution < 1.29 is 14.3 Å². The summed E-state index contributed by atoms with van der Waals surface area (Å²) in [7, 11) is 1.36. The van der Waals surface area contributed by atoms with Gasteiger partial charge in [-0.15, -0.1) is 0 Å². The molecule has 1 heterocycles. The molecule has 1 atom stereocenters. The van der Waals surface area contributed by atoms with Crippen LogP contribution in [0.4, 0.5) is 5.69 Å². The molecule has 1 aromatic rings. The highest BCUT2D eigenvalue weighted by Gasteiger charge is 2.22. The van der Waals surface area contributed by atoms with Gasteiger partial charge < -0.3 is 10.1 Å². The lowest BCUT2D eigenvalue weighted by Gasteiger charge is -2.20. The Hall–Kier alpha value is -1.91. The molecule has 0 aromatic carbocycles. The first-order valence-electron chi connectivity index (χ1n) is 5.77. The summed E-state index contributed by atoms with van der Waals surface area (Å²) >= 11 is 0. The van der Waals surface area contributed by atoms with Gasteiger partial charge >= 0.3 is 5.97 Å². The fourth-order valence-electron chi connectivity index (χ4n) is 1.49. The standard InChI is InChI=1S/C13H18N2O3/c1-8(2)12(13(17)18-4)15-10-5-6-11(9(3)16)14-7-10/h5-8,12,15H,1-4H3. The molecule has 0 aliphatic carbocycles. The predicted octanol–water partition coefficient (Wildman–Crippen LogP) is 1.89. The number of nitrogens with one attached hydrogen (secondary N) is 1. The lowest BCUT2D eigenvalue weighted by Crippen LogP contribution is -2.35.